The Balaban J connectivity index is 1.62. The summed E-state index contributed by atoms with van der Waals surface area (Å²) < 4.78 is 0. The van der Waals surface area contributed by atoms with Gasteiger partial charge in [-0.1, -0.05) is 47.5 Å². The van der Waals surface area contributed by atoms with Gasteiger partial charge in [0.1, 0.15) is 6.04 Å². The molecule has 1 aliphatic rings. The largest absolute Gasteiger partial charge is 0.344 e. The van der Waals surface area contributed by atoms with Crippen molar-refractivity contribution in [2.45, 2.75) is 25.6 Å². The van der Waals surface area contributed by atoms with Crippen molar-refractivity contribution < 1.29 is 14.4 Å². The monoisotopic (exact) mass is 528 g/mol. The minimum atomic E-state index is -1.23. The number of benzodiazepines with no additional fused rings is 1. The summed E-state index contributed by atoms with van der Waals surface area (Å²) in [6.45, 7) is 1.56. The molecule has 3 amide bonds. The molecular weight excluding hydrogens is 507 g/mol. The number of nitrogens with one attached hydrogen (secondary N) is 2. The van der Waals surface area contributed by atoms with Crippen molar-refractivity contribution in [3.05, 3.63) is 86.0 Å². The fourth-order valence-electron chi connectivity index (χ4n) is 3.70. The lowest BCUT2D eigenvalue weighted by Gasteiger charge is -2.22. The first-order valence-electron chi connectivity index (χ1n) is 10.8. The number of nitrogens with zero attached hydrogens (tertiary/aromatic N) is 2. The molecule has 0 bridgehead atoms. The highest BCUT2D eigenvalue weighted by molar-refractivity contribution is 7.10. The van der Waals surface area contributed by atoms with E-state index in [0.29, 0.717) is 32.6 Å². The van der Waals surface area contributed by atoms with Gasteiger partial charge in [-0.15, -0.1) is 11.3 Å². The van der Waals surface area contributed by atoms with E-state index in [1.54, 1.807) is 50.4 Å². The van der Waals surface area contributed by atoms with Gasteiger partial charge in [0.05, 0.1) is 17.8 Å². The van der Waals surface area contributed by atoms with Crippen molar-refractivity contribution >= 4 is 63.7 Å². The number of carbonyl (C=O) groups excluding carboxylic acids is 3. The Morgan fingerprint density at radius 1 is 1.11 bits per heavy atom. The van der Waals surface area contributed by atoms with Crippen LogP contribution in [0.4, 0.5) is 5.69 Å². The Bertz CT molecular complexity index is 1310. The van der Waals surface area contributed by atoms with Gasteiger partial charge in [0, 0.05) is 33.1 Å². The van der Waals surface area contributed by atoms with Crippen LogP contribution in [0.1, 0.15) is 22.9 Å². The van der Waals surface area contributed by atoms with Crippen LogP contribution in [0.25, 0.3) is 0 Å². The molecule has 0 spiro atoms. The number of likely N-dealkylation sites (N-methyl/N-ethyl adjacent to an activating group) is 1. The number of rotatable bonds is 6. The molecule has 7 nitrogen and oxygen atoms in total. The van der Waals surface area contributed by atoms with Crippen LogP contribution in [0.15, 0.2) is 65.0 Å². The van der Waals surface area contributed by atoms with Crippen LogP contribution in [-0.4, -0.2) is 42.7 Å². The highest BCUT2D eigenvalue weighted by atomic mass is 35.5. The molecule has 0 saturated carbocycles. The van der Waals surface area contributed by atoms with Crippen molar-refractivity contribution in [3.63, 3.8) is 0 Å². The lowest BCUT2D eigenvalue weighted by atomic mass is 10.00. The average molecular weight is 529 g/mol. The van der Waals surface area contributed by atoms with Gasteiger partial charge >= 0.3 is 0 Å². The molecule has 10 heteroatoms. The van der Waals surface area contributed by atoms with E-state index < -0.39 is 24.0 Å². The molecule has 35 heavy (non-hydrogen) atoms. The van der Waals surface area contributed by atoms with Gasteiger partial charge < -0.3 is 15.5 Å². The molecule has 3 aromatic rings. The number of amides is 3. The van der Waals surface area contributed by atoms with E-state index in [2.05, 4.69) is 15.6 Å². The predicted octanol–water partition coefficient (Wildman–Crippen LogP) is 4.06. The Kier molecular flexibility index (Phi) is 7.54. The maximum Gasteiger partial charge on any atom is 0.272 e. The molecule has 0 fully saturated rings. The summed E-state index contributed by atoms with van der Waals surface area (Å²) in [6.07, 6.45) is -1.06. The van der Waals surface area contributed by atoms with Crippen LogP contribution >= 0.6 is 34.5 Å². The summed E-state index contributed by atoms with van der Waals surface area (Å²) in [7, 11) is 1.60. The van der Waals surface area contributed by atoms with E-state index in [1.165, 1.54) is 16.2 Å². The number of anilines is 1. The second kappa shape index (κ2) is 10.6. The zero-order valence-corrected chi connectivity index (χ0v) is 21.2. The molecule has 0 radical (unpaired) electrons. The second-order valence-electron chi connectivity index (χ2n) is 7.97. The lowest BCUT2D eigenvalue weighted by molar-refractivity contribution is -0.130. The number of halogens is 2. The third kappa shape index (κ3) is 5.56. The maximum atomic E-state index is 13.3. The van der Waals surface area contributed by atoms with E-state index in [1.807, 2.05) is 23.6 Å². The van der Waals surface area contributed by atoms with Crippen LogP contribution in [0, 0.1) is 0 Å². The molecule has 1 aliphatic heterocycles. The first-order chi connectivity index (χ1) is 16.7. The lowest BCUT2D eigenvalue weighted by Crippen LogP contribution is -2.52. The van der Waals surface area contributed by atoms with Gasteiger partial charge in [0.15, 0.2) is 0 Å². The Morgan fingerprint density at radius 3 is 2.60 bits per heavy atom. The molecular formula is C25H22Cl2N4O3S. The second-order valence-corrected chi connectivity index (χ2v) is 9.85. The van der Waals surface area contributed by atoms with Crippen LogP contribution < -0.4 is 15.5 Å². The number of hydrogen-bond donors (Lipinski definition) is 2. The summed E-state index contributed by atoms with van der Waals surface area (Å²) in [5.74, 6) is -1.27. The average Bonchev–Trinajstić information content (AvgIpc) is 3.31. The van der Waals surface area contributed by atoms with Crippen LogP contribution in [0.2, 0.25) is 10.0 Å². The minimum Gasteiger partial charge on any atom is -0.344 e. The van der Waals surface area contributed by atoms with Gasteiger partial charge in [-0.3, -0.25) is 14.4 Å². The zero-order valence-electron chi connectivity index (χ0n) is 18.9. The van der Waals surface area contributed by atoms with Crippen LogP contribution in [0.5, 0.6) is 0 Å². The molecule has 1 aromatic heterocycles. The van der Waals surface area contributed by atoms with E-state index in [9.17, 15) is 14.4 Å². The topological polar surface area (TPSA) is 90.9 Å². The van der Waals surface area contributed by atoms with E-state index >= 15 is 0 Å². The number of fused-ring (bicyclic) bond motifs is 1. The van der Waals surface area contributed by atoms with Crippen molar-refractivity contribution in [3.8, 4) is 0 Å². The smallest absolute Gasteiger partial charge is 0.272 e. The Morgan fingerprint density at radius 2 is 1.89 bits per heavy atom. The highest BCUT2D eigenvalue weighted by Crippen LogP contribution is 2.31. The molecule has 2 aromatic carbocycles. The van der Waals surface area contributed by atoms with Crippen molar-refractivity contribution in [2.75, 3.05) is 11.9 Å². The van der Waals surface area contributed by atoms with Crippen LogP contribution in [-0.2, 0) is 20.8 Å². The summed E-state index contributed by atoms with van der Waals surface area (Å²) in [5, 5.41) is 8.12. The van der Waals surface area contributed by atoms with E-state index in [4.69, 9.17) is 23.2 Å². The quantitative estimate of drug-likeness (QED) is 0.505. The van der Waals surface area contributed by atoms with Crippen molar-refractivity contribution in [1.82, 2.24) is 10.6 Å². The van der Waals surface area contributed by atoms with Gasteiger partial charge in [0.2, 0.25) is 18.0 Å². The van der Waals surface area contributed by atoms with Crippen molar-refractivity contribution in [2.24, 2.45) is 4.99 Å². The molecule has 2 heterocycles. The van der Waals surface area contributed by atoms with Gasteiger partial charge in [0.25, 0.3) is 5.91 Å². The van der Waals surface area contributed by atoms with Gasteiger partial charge in [-0.25, -0.2) is 4.99 Å². The standard InChI is InChI=1S/C25H22Cl2N4O3S/c1-14(28-21(32)13-16-6-5-11-35-16)24(33)30-23-25(34)31(2)20-10-9-15(26)12-18(20)22(29-23)17-7-3-4-8-19(17)27/h3-12,14,23H,13H2,1-2H3,(H,28,32)(H,30,33)/t14-,23?/m0/s1. The third-order valence-electron chi connectivity index (χ3n) is 5.49. The summed E-state index contributed by atoms with van der Waals surface area (Å²) in [4.78, 5) is 45.5. The molecule has 2 atom stereocenters. The molecule has 2 N–H and O–H groups in total. The number of benzene rings is 2. The normalized spacial score (nSPS) is 16.1. The molecule has 0 aliphatic carbocycles. The van der Waals surface area contributed by atoms with Crippen molar-refractivity contribution in [1.29, 1.82) is 0 Å². The first-order valence-corrected chi connectivity index (χ1v) is 12.4. The molecule has 1 unspecified atom stereocenters. The Hall–Kier alpha value is -3.20. The molecule has 180 valence electrons. The first kappa shape index (κ1) is 24.9. The molecule has 4 rings (SSSR count). The number of carbonyl (C=O) groups is 3. The SMILES string of the molecule is C[C@H](NC(=O)Cc1cccs1)C(=O)NC1N=C(c2ccccc2Cl)c2cc(Cl)ccc2N(C)C1=O. The fourth-order valence-corrected chi connectivity index (χ4v) is 4.80. The number of thiophene rings is 1. The summed E-state index contributed by atoms with van der Waals surface area (Å²) in [5.41, 5.74) is 2.20. The van der Waals surface area contributed by atoms with Gasteiger partial charge in [-0.05, 0) is 42.6 Å². The van der Waals surface area contributed by atoms with Crippen LogP contribution in [0.3, 0.4) is 0 Å². The minimum absolute atomic E-state index is 0.172. The highest BCUT2D eigenvalue weighted by Gasteiger charge is 2.32. The zero-order chi connectivity index (χ0) is 25.1. The van der Waals surface area contributed by atoms with Gasteiger partial charge in [-0.2, -0.15) is 0 Å². The van der Waals surface area contributed by atoms with E-state index in [0.717, 1.165) is 4.88 Å². The summed E-state index contributed by atoms with van der Waals surface area (Å²) >= 11 is 14.2. The Labute approximate surface area is 216 Å². The number of hydrogen-bond acceptors (Lipinski definition) is 5. The fraction of sp³-hybridized carbons (Fsp3) is 0.200. The predicted molar refractivity (Wildman–Crippen MR) is 140 cm³/mol. The third-order valence-corrected chi connectivity index (χ3v) is 6.93. The summed E-state index contributed by atoms with van der Waals surface area (Å²) in [6, 6.07) is 15.1. The van der Waals surface area contributed by atoms with E-state index in [-0.39, 0.29) is 12.3 Å². The number of aliphatic imine (C=N–C) groups is 1. The molecule has 0 saturated heterocycles. The maximum absolute atomic E-state index is 13.3.